The van der Waals surface area contributed by atoms with Gasteiger partial charge in [0, 0.05) is 0 Å². The zero-order valence-corrected chi connectivity index (χ0v) is 10.4. The molecule has 0 unspecified atom stereocenters. The van der Waals surface area contributed by atoms with Crippen LogP contribution in [0.25, 0.3) is 11.1 Å². The van der Waals surface area contributed by atoms with Crippen molar-refractivity contribution in [2.24, 2.45) is 0 Å². The van der Waals surface area contributed by atoms with E-state index in [9.17, 15) is 9.90 Å². The number of ether oxygens (including phenoxy) is 1. The van der Waals surface area contributed by atoms with E-state index in [2.05, 4.69) is 4.98 Å². The minimum atomic E-state index is -0.539. The van der Waals surface area contributed by atoms with Crippen LogP contribution >= 0.6 is 0 Å². The lowest BCUT2D eigenvalue weighted by atomic mass is 10.2. The molecule has 1 aromatic heterocycles. The average molecular weight is 269 g/mol. The normalized spacial score (nSPS) is 10.6. The van der Waals surface area contributed by atoms with Crippen LogP contribution in [-0.4, -0.2) is 16.1 Å². The van der Waals surface area contributed by atoms with Crippen LogP contribution in [0.1, 0.15) is 16.2 Å². The number of carbonyl (C=O) groups excluding carboxylic acids is 1. The van der Waals surface area contributed by atoms with Crippen molar-refractivity contribution in [2.75, 3.05) is 0 Å². The first-order valence-corrected chi connectivity index (χ1v) is 6.03. The second-order valence-corrected chi connectivity index (χ2v) is 4.20. The molecule has 1 heterocycles. The highest BCUT2D eigenvalue weighted by molar-refractivity contribution is 5.89. The third-order valence-electron chi connectivity index (χ3n) is 2.75. The number of fused-ring (bicyclic) bond motifs is 1. The molecule has 2 aromatic carbocycles. The standard InChI is InChI=1S/C15H11NO4/c17-11-5-3-4-10(8-11)15(18)19-9-14-16-12-6-1-2-7-13(12)20-14/h1-8,17H,9H2. The maximum atomic E-state index is 11.8. The number of phenolic OH excluding ortho intramolecular Hbond substituents is 1. The Kier molecular flexibility index (Phi) is 3.09. The Morgan fingerprint density at radius 3 is 2.85 bits per heavy atom. The zero-order chi connectivity index (χ0) is 13.9. The molecule has 3 aromatic rings. The van der Waals surface area contributed by atoms with Crippen molar-refractivity contribution in [3.63, 3.8) is 0 Å². The topological polar surface area (TPSA) is 72.6 Å². The molecule has 0 aliphatic carbocycles. The van der Waals surface area contributed by atoms with Crippen LogP contribution in [-0.2, 0) is 11.3 Å². The zero-order valence-electron chi connectivity index (χ0n) is 10.4. The highest BCUT2D eigenvalue weighted by Gasteiger charge is 2.11. The molecule has 0 aliphatic heterocycles. The number of aromatic nitrogens is 1. The van der Waals surface area contributed by atoms with Crippen molar-refractivity contribution >= 4 is 17.1 Å². The van der Waals surface area contributed by atoms with Crippen LogP contribution < -0.4 is 0 Å². The summed E-state index contributed by atoms with van der Waals surface area (Å²) in [4.78, 5) is 16.0. The number of nitrogens with zero attached hydrogens (tertiary/aromatic N) is 1. The second kappa shape index (κ2) is 5.05. The summed E-state index contributed by atoms with van der Waals surface area (Å²) in [5, 5.41) is 9.30. The Labute approximate surface area is 114 Å². The van der Waals surface area contributed by atoms with Crippen LogP contribution in [0, 0.1) is 0 Å². The predicted molar refractivity (Wildman–Crippen MR) is 71.2 cm³/mol. The monoisotopic (exact) mass is 269 g/mol. The van der Waals surface area contributed by atoms with Gasteiger partial charge in [-0.3, -0.25) is 0 Å². The second-order valence-electron chi connectivity index (χ2n) is 4.20. The summed E-state index contributed by atoms with van der Waals surface area (Å²) in [5.41, 5.74) is 1.65. The van der Waals surface area contributed by atoms with Crippen LogP contribution in [0.2, 0.25) is 0 Å². The number of hydrogen-bond donors (Lipinski definition) is 1. The number of rotatable bonds is 3. The van der Waals surface area contributed by atoms with Crippen molar-refractivity contribution in [2.45, 2.75) is 6.61 Å². The molecule has 0 aliphatic rings. The molecule has 0 amide bonds. The first kappa shape index (κ1) is 12.2. The van der Waals surface area contributed by atoms with Crippen molar-refractivity contribution in [1.29, 1.82) is 0 Å². The molecule has 3 rings (SSSR count). The highest BCUT2D eigenvalue weighted by atomic mass is 16.5. The molecule has 0 radical (unpaired) electrons. The van der Waals surface area contributed by atoms with Gasteiger partial charge in [0.2, 0.25) is 5.89 Å². The van der Waals surface area contributed by atoms with Crippen LogP contribution in [0.15, 0.2) is 52.9 Å². The molecule has 1 N–H and O–H groups in total. The van der Waals surface area contributed by atoms with E-state index in [1.54, 1.807) is 18.2 Å². The van der Waals surface area contributed by atoms with Gasteiger partial charge in [-0.25, -0.2) is 9.78 Å². The molecule has 0 atom stereocenters. The quantitative estimate of drug-likeness (QED) is 0.740. The Balaban J connectivity index is 1.71. The minimum Gasteiger partial charge on any atom is -0.508 e. The summed E-state index contributed by atoms with van der Waals surface area (Å²) in [6, 6.07) is 13.3. The molecule has 0 fully saturated rings. The number of oxazole rings is 1. The smallest absolute Gasteiger partial charge is 0.338 e. The van der Waals surface area contributed by atoms with E-state index >= 15 is 0 Å². The summed E-state index contributed by atoms with van der Waals surface area (Å²) >= 11 is 0. The largest absolute Gasteiger partial charge is 0.508 e. The fourth-order valence-corrected chi connectivity index (χ4v) is 1.83. The van der Waals surface area contributed by atoms with Gasteiger partial charge in [-0.05, 0) is 30.3 Å². The number of benzene rings is 2. The van der Waals surface area contributed by atoms with E-state index in [1.165, 1.54) is 12.1 Å². The van der Waals surface area contributed by atoms with E-state index in [0.717, 1.165) is 5.52 Å². The van der Waals surface area contributed by atoms with Crippen LogP contribution in [0.5, 0.6) is 5.75 Å². The lowest BCUT2D eigenvalue weighted by Gasteiger charge is -2.02. The lowest BCUT2D eigenvalue weighted by Crippen LogP contribution is -2.05. The van der Waals surface area contributed by atoms with Crippen molar-refractivity contribution in [1.82, 2.24) is 4.98 Å². The fourth-order valence-electron chi connectivity index (χ4n) is 1.83. The molecule has 5 heteroatoms. The molecule has 0 saturated heterocycles. The van der Waals surface area contributed by atoms with Gasteiger partial charge in [0.1, 0.15) is 11.3 Å². The average Bonchev–Trinajstić information content (AvgIpc) is 2.87. The lowest BCUT2D eigenvalue weighted by molar-refractivity contribution is 0.0440. The third kappa shape index (κ3) is 2.47. The van der Waals surface area contributed by atoms with Crippen molar-refractivity contribution in [3.8, 4) is 5.75 Å². The van der Waals surface area contributed by atoms with E-state index in [4.69, 9.17) is 9.15 Å². The molecule has 0 bridgehead atoms. The molecule has 5 nitrogen and oxygen atoms in total. The Bertz CT molecular complexity index is 730. The molecule has 20 heavy (non-hydrogen) atoms. The Morgan fingerprint density at radius 2 is 2.05 bits per heavy atom. The van der Waals surface area contributed by atoms with Gasteiger partial charge >= 0.3 is 5.97 Å². The summed E-state index contributed by atoms with van der Waals surface area (Å²) < 4.78 is 10.5. The Hall–Kier alpha value is -2.82. The van der Waals surface area contributed by atoms with Gasteiger partial charge in [0.05, 0.1) is 5.56 Å². The first-order valence-electron chi connectivity index (χ1n) is 6.03. The number of para-hydroxylation sites is 2. The highest BCUT2D eigenvalue weighted by Crippen LogP contribution is 2.16. The summed E-state index contributed by atoms with van der Waals surface area (Å²) in [6.45, 7) is -0.0524. The van der Waals surface area contributed by atoms with Gasteiger partial charge in [-0.2, -0.15) is 0 Å². The number of hydrogen-bond acceptors (Lipinski definition) is 5. The van der Waals surface area contributed by atoms with Gasteiger partial charge in [0.15, 0.2) is 12.2 Å². The van der Waals surface area contributed by atoms with E-state index in [-0.39, 0.29) is 17.9 Å². The van der Waals surface area contributed by atoms with Gasteiger partial charge in [-0.1, -0.05) is 18.2 Å². The summed E-state index contributed by atoms with van der Waals surface area (Å²) in [7, 11) is 0. The predicted octanol–water partition coefficient (Wildman–Crippen LogP) is 2.89. The van der Waals surface area contributed by atoms with Crippen LogP contribution in [0.3, 0.4) is 0 Å². The van der Waals surface area contributed by atoms with Gasteiger partial charge < -0.3 is 14.3 Å². The van der Waals surface area contributed by atoms with Gasteiger partial charge in [0.25, 0.3) is 0 Å². The molecular weight excluding hydrogens is 258 g/mol. The van der Waals surface area contributed by atoms with Crippen LogP contribution in [0.4, 0.5) is 0 Å². The van der Waals surface area contributed by atoms with Gasteiger partial charge in [-0.15, -0.1) is 0 Å². The minimum absolute atomic E-state index is 0.0151. The summed E-state index contributed by atoms with van der Waals surface area (Å²) in [6.07, 6.45) is 0. The molecular formula is C15H11NO4. The Morgan fingerprint density at radius 1 is 1.20 bits per heavy atom. The van der Waals surface area contributed by atoms with Crippen molar-refractivity contribution < 1.29 is 19.1 Å². The third-order valence-corrected chi connectivity index (χ3v) is 2.75. The van der Waals surface area contributed by atoms with E-state index < -0.39 is 5.97 Å². The SMILES string of the molecule is O=C(OCc1nc2ccccc2o1)c1cccc(O)c1. The van der Waals surface area contributed by atoms with E-state index in [1.807, 2.05) is 18.2 Å². The van der Waals surface area contributed by atoms with Crippen molar-refractivity contribution in [3.05, 3.63) is 60.0 Å². The number of esters is 1. The molecule has 0 spiro atoms. The number of phenols is 1. The maximum absolute atomic E-state index is 11.8. The number of carbonyl (C=O) groups is 1. The molecule has 0 saturated carbocycles. The summed E-state index contributed by atoms with van der Waals surface area (Å²) in [5.74, 6) is -0.191. The fraction of sp³-hybridized carbons (Fsp3) is 0.0667. The first-order chi connectivity index (χ1) is 9.72. The van der Waals surface area contributed by atoms with E-state index in [0.29, 0.717) is 11.5 Å². The number of aromatic hydroxyl groups is 1. The molecule has 100 valence electrons. The maximum Gasteiger partial charge on any atom is 0.338 e.